The molecule has 1 rings (SSSR count). The smallest absolute Gasteiger partial charge is 0.326 e. The van der Waals surface area contributed by atoms with Crippen molar-refractivity contribution in [2.24, 2.45) is 0 Å². The summed E-state index contributed by atoms with van der Waals surface area (Å²) in [5.74, 6) is -1.87. The first-order valence-corrected chi connectivity index (χ1v) is 6.28. The summed E-state index contributed by atoms with van der Waals surface area (Å²) in [7, 11) is 0. The van der Waals surface area contributed by atoms with E-state index in [-0.39, 0.29) is 23.8 Å². The monoisotopic (exact) mass is 295 g/mol. The first kappa shape index (κ1) is 16.4. The number of nitro groups is 1. The molecule has 1 atom stereocenters. The molecule has 1 amide bonds. The second-order valence-electron chi connectivity index (χ2n) is 4.73. The zero-order valence-corrected chi connectivity index (χ0v) is 11.8. The Hall–Kier alpha value is -2.64. The summed E-state index contributed by atoms with van der Waals surface area (Å²) in [6.45, 7) is 6.95. The Balaban J connectivity index is 3.08. The zero-order chi connectivity index (χ0) is 16.2. The normalized spacial score (nSPS) is 12.0. The van der Waals surface area contributed by atoms with E-state index in [1.807, 2.05) is 0 Å². The summed E-state index contributed by atoms with van der Waals surface area (Å²) >= 11 is 0. The van der Waals surface area contributed by atoms with Crippen LogP contribution >= 0.6 is 0 Å². The van der Waals surface area contributed by atoms with Gasteiger partial charge >= 0.3 is 5.97 Å². The highest BCUT2D eigenvalue weighted by Gasteiger charge is 2.24. The van der Waals surface area contributed by atoms with Gasteiger partial charge in [-0.1, -0.05) is 6.08 Å². The van der Waals surface area contributed by atoms with Crippen LogP contribution in [0.15, 0.2) is 24.9 Å². The fraction of sp³-hybridized carbons (Fsp3) is 0.385. The first-order valence-electron chi connectivity index (χ1n) is 6.28. The summed E-state index contributed by atoms with van der Waals surface area (Å²) in [6, 6.07) is -0.172. The van der Waals surface area contributed by atoms with Crippen molar-refractivity contribution < 1.29 is 19.6 Å². The number of nitrogens with one attached hydrogen (secondary N) is 1. The molecule has 0 aliphatic heterocycles. The van der Waals surface area contributed by atoms with E-state index in [0.717, 1.165) is 6.07 Å². The van der Waals surface area contributed by atoms with Gasteiger partial charge in [0.2, 0.25) is 0 Å². The SMILES string of the molecule is C=CCC(NC(=O)c1cc([N+](=O)[O-])cn1C(C)C)C(=O)O. The van der Waals surface area contributed by atoms with E-state index in [1.54, 1.807) is 13.8 Å². The number of carbonyl (C=O) groups excluding carboxylic acids is 1. The number of rotatable bonds is 7. The first-order chi connectivity index (χ1) is 9.77. The molecular formula is C13H17N3O5. The number of amides is 1. The predicted octanol–water partition coefficient (Wildman–Crippen LogP) is 1.74. The van der Waals surface area contributed by atoms with Gasteiger partial charge in [0.15, 0.2) is 0 Å². The van der Waals surface area contributed by atoms with Crippen LogP contribution in [0.2, 0.25) is 0 Å². The van der Waals surface area contributed by atoms with Gasteiger partial charge in [-0.2, -0.15) is 0 Å². The molecule has 0 saturated heterocycles. The van der Waals surface area contributed by atoms with Crippen molar-refractivity contribution in [3.63, 3.8) is 0 Å². The highest BCUT2D eigenvalue weighted by Crippen LogP contribution is 2.20. The average molecular weight is 295 g/mol. The van der Waals surface area contributed by atoms with Crippen LogP contribution in [0.3, 0.4) is 0 Å². The number of carbonyl (C=O) groups is 2. The summed E-state index contributed by atoms with van der Waals surface area (Å²) < 4.78 is 1.43. The number of hydrogen-bond donors (Lipinski definition) is 2. The summed E-state index contributed by atoms with van der Waals surface area (Å²) in [4.78, 5) is 33.3. The Kier molecular flexibility index (Phi) is 5.23. The largest absolute Gasteiger partial charge is 0.480 e. The van der Waals surface area contributed by atoms with Gasteiger partial charge in [-0.3, -0.25) is 14.9 Å². The van der Waals surface area contributed by atoms with Crippen LogP contribution in [0.25, 0.3) is 0 Å². The fourth-order valence-corrected chi connectivity index (χ4v) is 1.79. The van der Waals surface area contributed by atoms with Crippen molar-refractivity contribution in [2.45, 2.75) is 32.4 Å². The van der Waals surface area contributed by atoms with Crippen molar-refractivity contribution >= 4 is 17.6 Å². The summed E-state index contributed by atoms with van der Waals surface area (Å²) in [6.07, 6.45) is 2.69. The Morgan fingerprint density at radius 1 is 1.57 bits per heavy atom. The minimum atomic E-state index is -1.19. The van der Waals surface area contributed by atoms with Gasteiger partial charge < -0.3 is 15.0 Å². The molecule has 0 aliphatic rings. The molecule has 0 saturated carbocycles. The highest BCUT2D eigenvalue weighted by molar-refractivity contribution is 5.96. The quantitative estimate of drug-likeness (QED) is 0.451. The molecule has 0 radical (unpaired) electrons. The third-order valence-corrected chi connectivity index (χ3v) is 2.84. The van der Waals surface area contributed by atoms with Gasteiger partial charge in [-0.05, 0) is 20.3 Å². The minimum absolute atomic E-state index is 0.0482. The van der Waals surface area contributed by atoms with E-state index in [1.165, 1.54) is 16.8 Å². The molecule has 1 aromatic rings. The minimum Gasteiger partial charge on any atom is -0.480 e. The van der Waals surface area contributed by atoms with Crippen LogP contribution in [0.4, 0.5) is 5.69 Å². The van der Waals surface area contributed by atoms with Crippen LogP contribution in [0, 0.1) is 10.1 Å². The maximum absolute atomic E-state index is 12.1. The van der Waals surface area contributed by atoms with Crippen LogP contribution < -0.4 is 5.32 Å². The van der Waals surface area contributed by atoms with E-state index in [2.05, 4.69) is 11.9 Å². The van der Waals surface area contributed by atoms with Gasteiger partial charge in [-0.25, -0.2) is 4.79 Å². The molecular weight excluding hydrogens is 278 g/mol. The van der Waals surface area contributed by atoms with Crippen LogP contribution in [0.1, 0.15) is 36.8 Å². The molecule has 21 heavy (non-hydrogen) atoms. The Labute approximate surface area is 121 Å². The summed E-state index contributed by atoms with van der Waals surface area (Å²) in [5.41, 5.74) is -0.170. The second-order valence-corrected chi connectivity index (χ2v) is 4.73. The van der Waals surface area contributed by atoms with Crippen molar-refractivity contribution in [3.05, 3.63) is 40.7 Å². The molecule has 0 aromatic carbocycles. The Morgan fingerprint density at radius 2 is 2.19 bits per heavy atom. The number of aromatic nitrogens is 1. The second kappa shape index (κ2) is 6.69. The number of aliphatic carboxylic acids is 1. The van der Waals surface area contributed by atoms with E-state index in [0.29, 0.717) is 0 Å². The number of hydrogen-bond acceptors (Lipinski definition) is 4. The molecule has 0 fully saturated rings. The standard InChI is InChI=1S/C13H17N3O5/c1-4-5-10(13(18)19)14-12(17)11-6-9(16(20)21)7-15(11)8(2)3/h4,6-8,10H,1,5H2,2-3H3,(H,14,17)(H,18,19). The van der Waals surface area contributed by atoms with E-state index in [4.69, 9.17) is 5.11 Å². The zero-order valence-electron chi connectivity index (χ0n) is 11.8. The maximum Gasteiger partial charge on any atom is 0.326 e. The van der Waals surface area contributed by atoms with E-state index >= 15 is 0 Å². The van der Waals surface area contributed by atoms with Gasteiger partial charge in [0.05, 0.1) is 11.1 Å². The Morgan fingerprint density at radius 3 is 2.62 bits per heavy atom. The van der Waals surface area contributed by atoms with Gasteiger partial charge in [0.25, 0.3) is 11.6 Å². The van der Waals surface area contributed by atoms with Gasteiger partial charge in [0.1, 0.15) is 11.7 Å². The molecule has 8 heteroatoms. The topological polar surface area (TPSA) is 114 Å². The molecule has 114 valence electrons. The highest BCUT2D eigenvalue weighted by atomic mass is 16.6. The van der Waals surface area contributed by atoms with Crippen LogP contribution in [-0.4, -0.2) is 32.5 Å². The van der Waals surface area contributed by atoms with Crippen LogP contribution in [0.5, 0.6) is 0 Å². The van der Waals surface area contributed by atoms with Gasteiger partial charge in [-0.15, -0.1) is 6.58 Å². The van der Waals surface area contributed by atoms with Crippen molar-refractivity contribution in [1.29, 1.82) is 0 Å². The molecule has 0 bridgehead atoms. The molecule has 0 spiro atoms. The van der Waals surface area contributed by atoms with Gasteiger partial charge in [0, 0.05) is 12.1 Å². The molecule has 2 N–H and O–H groups in total. The maximum atomic E-state index is 12.1. The van der Waals surface area contributed by atoms with E-state index in [9.17, 15) is 19.7 Å². The lowest BCUT2D eigenvalue weighted by atomic mass is 10.2. The third kappa shape index (κ3) is 3.91. The van der Waals surface area contributed by atoms with E-state index < -0.39 is 22.8 Å². The predicted molar refractivity (Wildman–Crippen MR) is 75.2 cm³/mol. The summed E-state index contributed by atoms with van der Waals surface area (Å²) in [5, 5.41) is 22.1. The molecule has 1 aromatic heterocycles. The molecule has 8 nitrogen and oxygen atoms in total. The third-order valence-electron chi connectivity index (χ3n) is 2.84. The lowest BCUT2D eigenvalue weighted by Crippen LogP contribution is -2.41. The number of carboxylic acid groups (broad SMARTS) is 1. The average Bonchev–Trinajstić information content (AvgIpc) is 2.83. The number of nitrogens with zero attached hydrogens (tertiary/aromatic N) is 2. The molecule has 1 unspecified atom stereocenters. The molecule has 0 aliphatic carbocycles. The van der Waals surface area contributed by atoms with Crippen molar-refractivity contribution in [3.8, 4) is 0 Å². The number of carboxylic acids is 1. The lowest BCUT2D eigenvalue weighted by molar-refractivity contribution is -0.384. The molecule has 1 heterocycles. The Bertz CT molecular complexity index is 576. The van der Waals surface area contributed by atoms with Crippen molar-refractivity contribution in [2.75, 3.05) is 0 Å². The van der Waals surface area contributed by atoms with Crippen molar-refractivity contribution in [1.82, 2.24) is 9.88 Å². The lowest BCUT2D eigenvalue weighted by Gasteiger charge is -2.15. The fourth-order valence-electron chi connectivity index (χ4n) is 1.79. The van der Waals surface area contributed by atoms with Crippen LogP contribution in [-0.2, 0) is 4.79 Å².